The van der Waals surface area contributed by atoms with E-state index in [0.717, 1.165) is 0 Å². The van der Waals surface area contributed by atoms with E-state index in [1.54, 1.807) is 6.92 Å². The van der Waals surface area contributed by atoms with Crippen LogP contribution in [0.25, 0.3) is 0 Å². The third-order valence-electron chi connectivity index (χ3n) is 1.86. The van der Waals surface area contributed by atoms with E-state index < -0.39 is 30.8 Å². The lowest BCUT2D eigenvalue weighted by atomic mass is 10.3. The van der Waals surface area contributed by atoms with Crippen LogP contribution in [0.4, 0.5) is 18.0 Å². The molecule has 0 unspecified atom stereocenters. The molecule has 0 radical (unpaired) electrons. The van der Waals surface area contributed by atoms with Crippen molar-refractivity contribution in [1.82, 2.24) is 10.2 Å². The summed E-state index contributed by atoms with van der Waals surface area (Å²) < 4.78 is 36.4. The first-order chi connectivity index (χ1) is 7.67. The second kappa shape index (κ2) is 6.31. The summed E-state index contributed by atoms with van der Waals surface area (Å²) in [7, 11) is 0. The Labute approximate surface area is 96.6 Å². The molecule has 0 aliphatic carbocycles. The number of carboxylic acids is 1. The number of halogens is 3. The molecule has 0 bridgehead atoms. The molecule has 0 aliphatic heterocycles. The number of hydrogen-bond donors (Lipinski definition) is 2. The van der Waals surface area contributed by atoms with E-state index in [1.807, 2.05) is 5.32 Å². The van der Waals surface area contributed by atoms with Crippen LogP contribution in [0.2, 0.25) is 0 Å². The fourth-order valence-electron chi connectivity index (χ4n) is 1.08. The SMILES string of the molecule is CCCN(CC(F)(F)F)C(=O)N[C@H](C)C(=O)O. The average Bonchev–Trinajstić information content (AvgIpc) is 2.14. The van der Waals surface area contributed by atoms with Gasteiger partial charge in [0.25, 0.3) is 0 Å². The van der Waals surface area contributed by atoms with Crippen molar-refractivity contribution in [3.05, 3.63) is 0 Å². The summed E-state index contributed by atoms with van der Waals surface area (Å²) in [4.78, 5) is 22.4. The minimum atomic E-state index is -4.50. The van der Waals surface area contributed by atoms with E-state index in [0.29, 0.717) is 11.3 Å². The van der Waals surface area contributed by atoms with Crippen molar-refractivity contribution in [3.63, 3.8) is 0 Å². The van der Waals surface area contributed by atoms with Crippen molar-refractivity contribution >= 4 is 12.0 Å². The minimum absolute atomic E-state index is 0.0856. The van der Waals surface area contributed by atoms with Gasteiger partial charge in [0.05, 0.1) is 0 Å². The van der Waals surface area contributed by atoms with Gasteiger partial charge in [-0.05, 0) is 13.3 Å². The molecule has 0 saturated carbocycles. The maximum Gasteiger partial charge on any atom is 0.406 e. The second-order valence-electron chi connectivity index (χ2n) is 3.55. The Morgan fingerprint density at radius 2 is 1.94 bits per heavy atom. The highest BCUT2D eigenvalue weighted by Crippen LogP contribution is 2.16. The molecule has 2 amide bonds. The Bertz CT molecular complexity index is 281. The summed E-state index contributed by atoms with van der Waals surface area (Å²) >= 11 is 0. The van der Waals surface area contributed by atoms with Gasteiger partial charge in [0.15, 0.2) is 0 Å². The molecule has 0 aromatic heterocycles. The van der Waals surface area contributed by atoms with Gasteiger partial charge in [-0.25, -0.2) is 4.79 Å². The number of amides is 2. The number of nitrogens with zero attached hydrogens (tertiary/aromatic N) is 1. The van der Waals surface area contributed by atoms with Gasteiger partial charge in [-0.3, -0.25) is 4.79 Å². The minimum Gasteiger partial charge on any atom is -0.480 e. The first-order valence-corrected chi connectivity index (χ1v) is 5.02. The largest absolute Gasteiger partial charge is 0.480 e. The van der Waals surface area contributed by atoms with Crippen LogP contribution in [0.3, 0.4) is 0 Å². The summed E-state index contributed by atoms with van der Waals surface area (Å²) in [5.74, 6) is -1.30. The lowest BCUT2D eigenvalue weighted by Crippen LogP contribution is -2.49. The lowest BCUT2D eigenvalue weighted by Gasteiger charge is -2.24. The standard InChI is InChI=1S/C9H15F3N2O3/c1-3-4-14(5-9(10,11)12)8(17)13-6(2)7(15)16/h6H,3-5H2,1-2H3,(H,13,17)(H,15,16)/t6-/m1/s1. The van der Waals surface area contributed by atoms with Gasteiger partial charge < -0.3 is 15.3 Å². The molecule has 17 heavy (non-hydrogen) atoms. The Hall–Kier alpha value is -1.47. The molecule has 5 nitrogen and oxygen atoms in total. The first kappa shape index (κ1) is 15.5. The number of alkyl halides is 3. The molecule has 0 heterocycles. The van der Waals surface area contributed by atoms with Crippen LogP contribution < -0.4 is 5.32 Å². The molecule has 0 aliphatic rings. The fourth-order valence-corrected chi connectivity index (χ4v) is 1.08. The van der Waals surface area contributed by atoms with Gasteiger partial charge >= 0.3 is 18.2 Å². The monoisotopic (exact) mass is 256 g/mol. The van der Waals surface area contributed by atoms with Crippen molar-refractivity contribution in [3.8, 4) is 0 Å². The van der Waals surface area contributed by atoms with Crippen LogP contribution in [0.5, 0.6) is 0 Å². The molecule has 0 spiro atoms. The average molecular weight is 256 g/mol. The van der Waals surface area contributed by atoms with E-state index in [9.17, 15) is 22.8 Å². The summed E-state index contributed by atoms with van der Waals surface area (Å²) in [6.07, 6.45) is -4.15. The molecule has 100 valence electrons. The smallest absolute Gasteiger partial charge is 0.406 e. The van der Waals surface area contributed by atoms with Crippen molar-refractivity contribution in [2.24, 2.45) is 0 Å². The first-order valence-electron chi connectivity index (χ1n) is 5.02. The highest BCUT2D eigenvalue weighted by molar-refractivity contribution is 5.82. The maximum absolute atomic E-state index is 12.1. The van der Waals surface area contributed by atoms with Gasteiger partial charge in [0.2, 0.25) is 0 Å². The Kier molecular flexibility index (Phi) is 5.77. The molecule has 8 heteroatoms. The van der Waals surface area contributed by atoms with Gasteiger partial charge in [-0.1, -0.05) is 6.92 Å². The van der Waals surface area contributed by atoms with Crippen molar-refractivity contribution < 1.29 is 27.9 Å². The number of carboxylic acid groups (broad SMARTS) is 1. The molecule has 0 fully saturated rings. The zero-order chi connectivity index (χ0) is 13.6. The van der Waals surface area contributed by atoms with Crippen LogP contribution in [0.15, 0.2) is 0 Å². The van der Waals surface area contributed by atoms with E-state index >= 15 is 0 Å². The molecule has 1 atom stereocenters. The van der Waals surface area contributed by atoms with Crippen LogP contribution in [0, 0.1) is 0 Å². The number of rotatable bonds is 5. The van der Waals surface area contributed by atoms with Crippen LogP contribution >= 0.6 is 0 Å². The van der Waals surface area contributed by atoms with Crippen LogP contribution in [0.1, 0.15) is 20.3 Å². The number of carbonyl (C=O) groups is 2. The van der Waals surface area contributed by atoms with Gasteiger partial charge in [0, 0.05) is 6.54 Å². The van der Waals surface area contributed by atoms with Crippen molar-refractivity contribution in [2.75, 3.05) is 13.1 Å². The van der Waals surface area contributed by atoms with Crippen molar-refractivity contribution in [2.45, 2.75) is 32.5 Å². The Morgan fingerprint density at radius 1 is 1.41 bits per heavy atom. The van der Waals surface area contributed by atoms with E-state index in [-0.39, 0.29) is 6.54 Å². The third-order valence-corrected chi connectivity index (χ3v) is 1.86. The van der Waals surface area contributed by atoms with Crippen molar-refractivity contribution in [1.29, 1.82) is 0 Å². The van der Waals surface area contributed by atoms with E-state index in [1.165, 1.54) is 6.92 Å². The molecular formula is C9H15F3N2O3. The Balaban J connectivity index is 4.49. The molecule has 0 rings (SSSR count). The number of nitrogens with one attached hydrogen (secondary N) is 1. The summed E-state index contributed by atoms with van der Waals surface area (Å²) in [6.45, 7) is 1.33. The summed E-state index contributed by atoms with van der Waals surface area (Å²) in [5.41, 5.74) is 0. The predicted octanol–water partition coefficient (Wildman–Crippen LogP) is 1.44. The number of urea groups is 1. The molecule has 0 saturated heterocycles. The summed E-state index contributed by atoms with van der Waals surface area (Å²) in [5, 5.41) is 10.5. The van der Waals surface area contributed by atoms with Gasteiger partial charge in [-0.15, -0.1) is 0 Å². The maximum atomic E-state index is 12.1. The molecular weight excluding hydrogens is 241 g/mol. The highest BCUT2D eigenvalue weighted by atomic mass is 19.4. The molecule has 2 N–H and O–H groups in total. The number of hydrogen-bond acceptors (Lipinski definition) is 2. The lowest BCUT2D eigenvalue weighted by molar-refractivity contribution is -0.140. The Morgan fingerprint density at radius 3 is 2.29 bits per heavy atom. The topological polar surface area (TPSA) is 69.6 Å². The van der Waals surface area contributed by atoms with Crippen LogP contribution in [-0.2, 0) is 4.79 Å². The van der Waals surface area contributed by atoms with E-state index in [4.69, 9.17) is 5.11 Å². The van der Waals surface area contributed by atoms with E-state index in [2.05, 4.69) is 0 Å². The number of aliphatic carboxylic acids is 1. The number of carbonyl (C=O) groups excluding carboxylic acids is 1. The van der Waals surface area contributed by atoms with Gasteiger partial charge in [-0.2, -0.15) is 13.2 Å². The highest BCUT2D eigenvalue weighted by Gasteiger charge is 2.33. The zero-order valence-electron chi connectivity index (χ0n) is 9.54. The quantitative estimate of drug-likeness (QED) is 0.782. The fraction of sp³-hybridized carbons (Fsp3) is 0.778. The van der Waals surface area contributed by atoms with Gasteiger partial charge in [0.1, 0.15) is 12.6 Å². The second-order valence-corrected chi connectivity index (χ2v) is 3.55. The zero-order valence-corrected chi connectivity index (χ0v) is 9.54. The summed E-state index contributed by atoms with van der Waals surface area (Å²) in [6, 6.07) is -2.26. The molecule has 0 aromatic carbocycles. The third kappa shape index (κ3) is 6.64. The van der Waals surface area contributed by atoms with Crippen LogP contribution in [-0.4, -0.2) is 47.3 Å². The normalized spacial score (nSPS) is 13.0. The predicted molar refractivity (Wildman–Crippen MR) is 53.5 cm³/mol. The molecule has 0 aromatic rings.